The van der Waals surface area contributed by atoms with E-state index >= 15 is 0 Å². The standard InChI is InChI=1S/C25H30FN5O2/c1-14(23(32)30-20-8-7-19-17(20)6-9-22(27)29-19)28-24(33)21-12-15(13-25(31-21)10-11-25)16-4-2-3-5-18(16)26/h2-6,9,14-15,20-21,31H,7-8,10-13H2,1H3,(H2,27,29)(H,28,33)(H,30,32)/t14-,15+,20+,21+/m0/s1. The number of aromatic nitrogens is 1. The van der Waals surface area contributed by atoms with E-state index in [1.165, 1.54) is 6.07 Å². The molecular formula is C25H30FN5O2. The predicted octanol–water partition coefficient (Wildman–Crippen LogP) is 2.48. The number of carbonyl (C=O) groups excluding carboxylic acids is 2. The molecule has 2 fully saturated rings. The van der Waals surface area contributed by atoms with Crippen molar-refractivity contribution >= 4 is 17.6 Å². The van der Waals surface area contributed by atoms with Gasteiger partial charge in [-0.1, -0.05) is 24.3 Å². The number of nitrogen functional groups attached to an aromatic ring is 1. The zero-order valence-electron chi connectivity index (χ0n) is 18.7. The number of fused-ring (bicyclic) bond motifs is 1. The quantitative estimate of drug-likeness (QED) is 0.559. The zero-order chi connectivity index (χ0) is 23.2. The van der Waals surface area contributed by atoms with Crippen LogP contribution in [0.2, 0.25) is 0 Å². The Kier molecular flexibility index (Phi) is 5.56. The minimum Gasteiger partial charge on any atom is -0.384 e. The lowest BCUT2D eigenvalue weighted by Crippen LogP contribution is -2.57. The van der Waals surface area contributed by atoms with Gasteiger partial charge in [-0.2, -0.15) is 0 Å². The van der Waals surface area contributed by atoms with E-state index in [0.29, 0.717) is 17.8 Å². The zero-order valence-corrected chi connectivity index (χ0v) is 18.7. The Morgan fingerprint density at radius 3 is 2.76 bits per heavy atom. The van der Waals surface area contributed by atoms with Crippen LogP contribution in [0.5, 0.6) is 0 Å². The normalized spacial score (nSPS) is 25.8. The summed E-state index contributed by atoms with van der Waals surface area (Å²) < 4.78 is 14.4. The van der Waals surface area contributed by atoms with Crippen molar-refractivity contribution in [3.05, 3.63) is 59.0 Å². The molecule has 1 saturated carbocycles. The molecule has 2 aliphatic carbocycles. The molecule has 3 aliphatic rings. The SMILES string of the molecule is C[C@H](NC(=O)[C@H]1C[C@@H](c2ccccc2F)CC2(CC2)N1)C(=O)N[C@@H]1CCc2nc(N)ccc21. The summed E-state index contributed by atoms with van der Waals surface area (Å²) in [4.78, 5) is 30.3. The van der Waals surface area contributed by atoms with E-state index in [2.05, 4.69) is 20.9 Å². The summed E-state index contributed by atoms with van der Waals surface area (Å²) >= 11 is 0. The first-order valence-electron chi connectivity index (χ1n) is 11.7. The van der Waals surface area contributed by atoms with E-state index in [-0.39, 0.29) is 35.1 Å². The predicted molar refractivity (Wildman–Crippen MR) is 123 cm³/mol. The number of nitrogens with two attached hydrogens (primary N) is 1. The molecule has 1 saturated heterocycles. The van der Waals surface area contributed by atoms with Crippen molar-refractivity contribution in [1.29, 1.82) is 0 Å². The first-order chi connectivity index (χ1) is 15.8. The van der Waals surface area contributed by atoms with E-state index in [0.717, 1.165) is 43.4 Å². The maximum atomic E-state index is 14.4. The van der Waals surface area contributed by atoms with Crippen molar-refractivity contribution in [2.45, 2.75) is 75.0 Å². The van der Waals surface area contributed by atoms with Gasteiger partial charge in [0, 0.05) is 11.2 Å². The van der Waals surface area contributed by atoms with E-state index in [1.54, 1.807) is 19.1 Å². The van der Waals surface area contributed by atoms with Crippen LogP contribution in [0.15, 0.2) is 36.4 Å². The summed E-state index contributed by atoms with van der Waals surface area (Å²) in [6, 6.07) is 9.18. The number of aryl methyl sites for hydroxylation is 1. The lowest BCUT2D eigenvalue weighted by atomic mass is 9.81. The number of hydrogen-bond donors (Lipinski definition) is 4. The van der Waals surface area contributed by atoms with Gasteiger partial charge < -0.3 is 21.7 Å². The molecule has 2 aromatic rings. The fourth-order valence-corrected chi connectivity index (χ4v) is 5.35. The number of nitrogens with one attached hydrogen (secondary N) is 3. The van der Waals surface area contributed by atoms with Crippen LogP contribution in [0, 0.1) is 5.82 Å². The van der Waals surface area contributed by atoms with Crippen LogP contribution < -0.4 is 21.7 Å². The van der Waals surface area contributed by atoms with Crippen LogP contribution in [0.25, 0.3) is 0 Å². The molecule has 8 heteroatoms. The molecule has 0 radical (unpaired) electrons. The number of pyridine rings is 1. The topological polar surface area (TPSA) is 109 Å². The molecule has 0 unspecified atom stereocenters. The molecule has 1 aromatic carbocycles. The van der Waals surface area contributed by atoms with E-state index in [1.807, 2.05) is 18.2 Å². The third-order valence-corrected chi connectivity index (χ3v) is 7.30. The van der Waals surface area contributed by atoms with Gasteiger partial charge in [0.2, 0.25) is 11.8 Å². The Bertz CT molecular complexity index is 1090. The molecule has 2 heterocycles. The molecule has 0 bridgehead atoms. The van der Waals surface area contributed by atoms with Crippen molar-refractivity contribution < 1.29 is 14.0 Å². The average Bonchev–Trinajstić information content (AvgIpc) is 3.41. The molecule has 5 N–H and O–H groups in total. The summed E-state index contributed by atoms with van der Waals surface area (Å²) in [6.45, 7) is 1.69. The molecule has 4 atom stereocenters. The molecular weight excluding hydrogens is 421 g/mol. The fraction of sp³-hybridized carbons (Fsp3) is 0.480. The number of halogens is 1. The maximum Gasteiger partial charge on any atom is 0.242 e. The van der Waals surface area contributed by atoms with Crippen LogP contribution in [-0.2, 0) is 16.0 Å². The van der Waals surface area contributed by atoms with Crippen LogP contribution >= 0.6 is 0 Å². The smallest absolute Gasteiger partial charge is 0.242 e. The van der Waals surface area contributed by atoms with Gasteiger partial charge in [0.25, 0.3) is 0 Å². The molecule has 1 spiro atoms. The Labute approximate surface area is 192 Å². The second-order valence-electron chi connectivity index (χ2n) is 9.74. The summed E-state index contributed by atoms with van der Waals surface area (Å²) in [7, 11) is 0. The van der Waals surface area contributed by atoms with Crippen LogP contribution in [0.4, 0.5) is 10.2 Å². The highest BCUT2D eigenvalue weighted by atomic mass is 19.1. The van der Waals surface area contributed by atoms with Crippen LogP contribution in [0.3, 0.4) is 0 Å². The second-order valence-corrected chi connectivity index (χ2v) is 9.74. The number of benzene rings is 1. The van der Waals surface area contributed by atoms with E-state index in [4.69, 9.17) is 5.73 Å². The summed E-state index contributed by atoms with van der Waals surface area (Å²) in [5.74, 6) is -0.222. The average molecular weight is 452 g/mol. The van der Waals surface area contributed by atoms with Crippen molar-refractivity contribution in [3.8, 4) is 0 Å². The number of rotatable bonds is 5. The molecule has 7 nitrogen and oxygen atoms in total. The van der Waals surface area contributed by atoms with E-state index in [9.17, 15) is 14.0 Å². The molecule has 2 amide bonds. The van der Waals surface area contributed by atoms with Gasteiger partial charge in [-0.05, 0) is 74.6 Å². The third kappa shape index (κ3) is 4.44. The molecule has 5 rings (SSSR count). The Hall–Kier alpha value is -3.00. The maximum absolute atomic E-state index is 14.4. The molecule has 33 heavy (non-hydrogen) atoms. The fourth-order valence-electron chi connectivity index (χ4n) is 5.35. The Morgan fingerprint density at radius 1 is 1.21 bits per heavy atom. The highest BCUT2D eigenvalue weighted by Gasteiger charge is 2.50. The lowest BCUT2D eigenvalue weighted by Gasteiger charge is -2.37. The van der Waals surface area contributed by atoms with Crippen molar-refractivity contribution in [3.63, 3.8) is 0 Å². The highest BCUT2D eigenvalue weighted by Crippen LogP contribution is 2.48. The van der Waals surface area contributed by atoms with Crippen molar-refractivity contribution in [2.24, 2.45) is 0 Å². The minimum atomic E-state index is -0.686. The number of carbonyl (C=O) groups is 2. The monoisotopic (exact) mass is 451 g/mol. The number of anilines is 1. The molecule has 174 valence electrons. The number of amides is 2. The van der Waals surface area contributed by atoms with Crippen molar-refractivity contribution in [1.82, 2.24) is 20.9 Å². The second kappa shape index (κ2) is 8.41. The van der Waals surface area contributed by atoms with Gasteiger partial charge in [-0.15, -0.1) is 0 Å². The number of nitrogens with zero attached hydrogens (tertiary/aromatic N) is 1. The summed E-state index contributed by atoms with van der Waals surface area (Å²) in [6.07, 6.45) is 4.82. The summed E-state index contributed by atoms with van der Waals surface area (Å²) in [5.41, 5.74) is 8.22. The third-order valence-electron chi connectivity index (χ3n) is 7.30. The van der Waals surface area contributed by atoms with Crippen LogP contribution in [-0.4, -0.2) is 34.4 Å². The van der Waals surface area contributed by atoms with Gasteiger partial charge in [-0.3, -0.25) is 9.59 Å². The first kappa shape index (κ1) is 21.8. The number of piperidine rings is 1. The minimum absolute atomic E-state index is 0.0234. The van der Waals surface area contributed by atoms with Crippen LogP contribution in [0.1, 0.15) is 67.8 Å². The van der Waals surface area contributed by atoms with Gasteiger partial charge in [-0.25, -0.2) is 9.37 Å². The van der Waals surface area contributed by atoms with E-state index < -0.39 is 12.1 Å². The Balaban J connectivity index is 1.22. The van der Waals surface area contributed by atoms with Crippen molar-refractivity contribution in [2.75, 3.05) is 5.73 Å². The van der Waals surface area contributed by atoms with Gasteiger partial charge >= 0.3 is 0 Å². The van der Waals surface area contributed by atoms with Gasteiger partial charge in [0.05, 0.1) is 12.1 Å². The highest BCUT2D eigenvalue weighted by molar-refractivity contribution is 5.90. The molecule has 1 aliphatic heterocycles. The van der Waals surface area contributed by atoms with Gasteiger partial charge in [0.15, 0.2) is 0 Å². The Morgan fingerprint density at radius 2 is 2.00 bits per heavy atom. The number of hydrogen-bond acceptors (Lipinski definition) is 5. The van der Waals surface area contributed by atoms with Gasteiger partial charge in [0.1, 0.15) is 17.7 Å². The summed E-state index contributed by atoms with van der Waals surface area (Å²) in [5, 5.41) is 9.37. The lowest BCUT2D eigenvalue weighted by molar-refractivity contribution is -0.130. The first-order valence-corrected chi connectivity index (χ1v) is 11.7. The molecule has 1 aromatic heterocycles. The largest absolute Gasteiger partial charge is 0.384 e.